The van der Waals surface area contributed by atoms with E-state index in [1.54, 1.807) is 30.0 Å². The lowest BCUT2D eigenvalue weighted by molar-refractivity contribution is -0.385. The van der Waals surface area contributed by atoms with Gasteiger partial charge < -0.3 is 10.2 Å². The number of nitrogens with zero attached hydrogens (tertiary/aromatic N) is 2. The van der Waals surface area contributed by atoms with Crippen LogP contribution in [0.2, 0.25) is 0 Å². The molecule has 2 aromatic carbocycles. The molecule has 0 aromatic heterocycles. The third-order valence-corrected chi connectivity index (χ3v) is 5.74. The van der Waals surface area contributed by atoms with Crippen LogP contribution in [0, 0.1) is 29.8 Å². The molecule has 1 aliphatic heterocycles. The number of rotatable bonds is 4. The number of carbonyl (C=O) groups excluding carboxylic acids is 2. The SMILES string of the molecule is Cc1cc(C(=O)N2CCSCC2)ccc1NC(=O)c1cc(F)c(C)c([N+](=O)[O-])c1. The van der Waals surface area contributed by atoms with E-state index in [-0.39, 0.29) is 17.0 Å². The van der Waals surface area contributed by atoms with E-state index in [0.717, 1.165) is 23.6 Å². The molecule has 0 radical (unpaired) electrons. The first kappa shape index (κ1) is 20.8. The zero-order valence-corrected chi connectivity index (χ0v) is 16.8. The highest BCUT2D eigenvalue weighted by molar-refractivity contribution is 7.99. The molecular weight excluding hydrogens is 397 g/mol. The molecule has 0 aliphatic carbocycles. The van der Waals surface area contributed by atoms with E-state index >= 15 is 0 Å². The predicted molar refractivity (Wildman–Crippen MR) is 110 cm³/mol. The second-order valence-electron chi connectivity index (χ2n) is 6.75. The number of anilines is 1. The number of aryl methyl sites for hydroxylation is 1. The van der Waals surface area contributed by atoms with Crippen LogP contribution in [0.5, 0.6) is 0 Å². The molecule has 1 fully saturated rings. The van der Waals surface area contributed by atoms with Gasteiger partial charge in [0.05, 0.1) is 10.5 Å². The van der Waals surface area contributed by atoms with E-state index in [2.05, 4.69) is 5.32 Å². The van der Waals surface area contributed by atoms with Gasteiger partial charge in [-0.25, -0.2) is 4.39 Å². The Morgan fingerprint density at radius 1 is 1.14 bits per heavy atom. The first-order chi connectivity index (χ1) is 13.8. The van der Waals surface area contributed by atoms with Crippen molar-refractivity contribution in [2.24, 2.45) is 0 Å². The molecule has 0 unspecified atom stereocenters. The van der Waals surface area contributed by atoms with Gasteiger partial charge in [-0.05, 0) is 43.7 Å². The van der Waals surface area contributed by atoms with Crippen molar-refractivity contribution in [1.29, 1.82) is 0 Å². The number of hydrogen-bond acceptors (Lipinski definition) is 5. The number of amides is 2. The Kier molecular flexibility index (Phi) is 6.17. The average Bonchev–Trinajstić information content (AvgIpc) is 2.71. The minimum Gasteiger partial charge on any atom is -0.337 e. The summed E-state index contributed by atoms with van der Waals surface area (Å²) >= 11 is 1.82. The van der Waals surface area contributed by atoms with Gasteiger partial charge in [0, 0.05) is 47.5 Å². The van der Waals surface area contributed by atoms with Crippen molar-refractivity contribution in [2.45, 2.75) is 13.8 Å². The minimum atomic E-state index is -0.818. The summed E-state index contributed by atoms with van der Waals surface area (Å²) in [6.45, 7) is 4.45. The molecule has 2 aromatic rings. The van der Waals surface area contributed by atoms with Crippen molar-refractivity contribution in [3.05, 3.63) is 68.5 Å². The largest absolute Gasteiger partial charge is 0.337 e. The maximum atomic E-state index is 14.0. The maximum Gasteiger partial charge on any atom is 0.276 e. The molecule has 0 atom stereocenters. The molecule has 3 rings (SSSR count). The van der Waals surface area contributed by atoms with Crippen molar-refractivity contribution in [1.82, 2.24) is 4.90 Å². The third-order valence-electron chi connectivity index (χ3n) is 4.80. The van der Waals surface area contributed by atoms with Crippen molar-refractivity contribution in [3.8, 4) is 0 Å². The molecule has 7 nitrogen and oxygen atoms in total. The quantitative estimate of drug-likeness (QED) is 0.604. The van der Waals surface area contributed by atoms with Crippen LogP contribution in [-0.4, -0.2) is 46.2 Å². The van der Waals surface area contributed by atoms with Crippen LogP contribution in [0.4, 0.5) is 15.8 Å². The molecule has 29 heavy (non-hydrogen) atoms. The van der Waals surface area contributed by atoms with Crippen LogP contribution in [0.25, 0.3) is 0 Å². The normalized spacial score (nSPS) is 13.8. The summed E-state index contributed by atoms with van der Waals surface area (Å²) in [5, 5.41) is 13.7. The fourth-order valence-electron chi connectivity index (χ4n) is 3.07. The van der Waals surface area contributed by atoms with Crippen molar-refractivity contribution in [2.75, 3.05) is 29.9 Å². The Labute approximate surface area is 171 Å². The van der Waals surface area contributed by atoms with Crippen molar-refractivity contribution in [3.63, 3.8) is 0 Å². The lowest BCUT2D eigenvalue weighted by Crippen LogP contribution is -2.37. The number of nitrogens with one attached hydrogen (secondary N) is 1. The number of thioether (sulfide) groups is 1. The van der Waals surface area contributed by atoms with Gasteiger partial charge in [0.25, 0.3) is 17.5 Å². The van der Waals surface area contributed by atoms with E-state index in [0.29, 0.717) is 29.9 Å². The summed E-state index contributed by atoms with van der Waals surface area (Å²) in [5.74, 6) is 0.294. The van der Waals surface area contributed by atoms with Gasteiger partial charge in [0.15, 0.2) is 0 Å². The zero-order valence-electron chi connectivity index (χ0n) is 16.0. The molecule has 1 saturated heterocycles. The molecule has 2 amide bonds. The molecule has 0 bridgehead atoms. The fourth-order valence-corrected chi connectivity index (χ4v) is 3.97. The lowest BCUT2D eigenvalue weighted by atomic mass is 10.1. The van der Waals surface area contributed by atoms with Gasteiger partial charge in [-0.1, -0.05) is 0 Å². The maximum absolute atomic E-state index is 14.0. The summed E-state index contributed by atoms with van der Waals surface area (Å²) in [6, 6.07) is 6.95. The Balaban J connectivity index is 1.79. The first-order valence-electron chi connectivity index (χ1n) is 9.01. The highest BCUT2D eigenvalue weighted by atomic mass is 32.2. The van der Waals surface area contributed by atoms with Gasteiger partial charge in [0.1, 0.15) is 5.82 Å². The highest BCUT2D eigenvalue weighted by Crippen LogP contribution is 2.25. The monoisotopic (exact) mass is 417 g/mol. The molecule has 1 heterocycles. The zero-order chi connectivity index (χ0) is 21.1. The van der Waals surface area contributed by atoms with E-state index < -0.39 is 22.3 Å². The van der Waals surface area contributed by atoms with Crippen molar-refractivity contribution >= 4 is 35.0 Å². The number of benzene rings is 2. The smallest absolute Gasteiger partial charge is 0.276 e. The lowest BCUT2D eigenvalue weighted by Gasteiger charge is -2.26. The first-order valence-corrected chi connectivity index (χ1v) is 10.2. The summed E-state index contributed by atoms with van der Waals surface area (Å²) in [4.78, 5) is 37.2. The van der Waals surface area contributed by atoms with Gasteiger partial charge in [-0.15, -0.1) is 0 Å². The Morgan fingerprint density at radius 2 is 1.83 bits per heavy atom. The summed E-state index contributed by atoms with van der Waals surface area (Å²) in [5.41, 5.74) is 0.922. The van der Waals surface area contributed by atoms with Crippen LogP contribution >= 0.6 is 11.8 Å². The number of hydrogen-bond donors (Lipinski definition) is 1. The minimum absolute atomic E-state index is 0.0532. The van der Waals surface area contributed by atoms with E-state index in [1.165, 1.54) is 6.92 Å². The van der Waals surface area contributed by atoms with Gasteiger partial charge in [0.2, 0.25) is 0 Å². The van der Waals surface area contributed by atoms with Gasteiger partial charge >= 0.3 is 0 Å². The average molecular weight is 417 g/mol. The summed E-state index contributed by atoms with van der Waals surface area (Å²) < 4.78 is 14.0. The summed E-state index contributed by atoms with van der Waals surface area (Å²) in [6.07, 6.45) is 0. The van der Waals surface area contributed by atoms with Crippen LogP contribution in [-0.2, 0) is 0 Å². The van der Waals surface area contributed by atoms with Crippen LogP contribution in [0.3, 0.4) is 0 Å². The molecule has 9 heteroatoms. The molecule has 152 valence electrons. The van der Waals surface area contributed by atoms with E-state index in [1.807, 2.05) is 11.8 Å². The predicted octanol–water partition coefficient (Wildman–Crippen LogP) is 3.79. The third kappa shape index (κ3) is 4.56. The molecule has 0 saturated carbocycles. The number of halogens is 1. The topological polar surface area (TPSA) is 92.6 Å². The number of nitro benzene ring substituents is 1. The Hall–Kier alpha value is -2.94. The second-order valence-corrected chi connectivity index (χ2v) is 7.97. The molecular formula is C20H20FN3O4S. The van der Waals surface area contributed by atoms with Gasteiger partial charge in [-0.3, -0.25) is 19.7 Å². The van der Waals surface area contributed by atoms with Crippen LogP contribution in [0.1, 0.15) is 31.8 Å². The standard InChI is InChI=1S/C20H20FN3O4S/c1-12-9-14(20(26)23-5-7-29-8-6-23)3-4-17(12)22-19(25)15-10-16(21)13(2)18(11-15)24(27)28/h3-4,9-11H,5-8H2,1-2H3,(H,22,25). The van der Waals surface area contributed by atoms with Gasteiger partial charge in [-0.2, -0.15) is 11.8 Å². The van der Waals surface area contributed by atoms with E-state index in [9.17, 15) is 24.1 Å². The molecule has 1 N–H and O–H groups in total. The van der Waals surface area contributed by atoms with Crippen LogP contribution in [0.15, 0.2) is 30.3 Å². The Bertz CT molecular complexity index is 990. The van der Waals surface area contributed by atoms with E-state index in [4.69, 9.17) is 0 Å². The molecule has 1 aliphatic rings. The number of nitro groups is 1. The molecule has 0 spiro atoms. The second kappa shape index (κ2) is 8.60. The highest BCUT2D eigenvalue weighted by Gasteiger charge is 2.21. The number of carbonyl (C=O) groups is 2. The van der Waals surface area contributed by atoms with Crippen LogP contribution < -0.4 is 5.32 Å². The summed E-state index contributed by atoms with van der Waals surface area (Å²) in [7, 11) is 0. The Morgan fingerprint density at radius 3 is 2.45 bits per heavy atom. The fraction of sp³-hybridized carbons (Fsp3) is 0.300. The van der Waals surface area contributed by atoms with Crippen molar-refractivity contribution < 1.29 is 18.9 Å².